The van der Waals surface area contributed by atoms with Gasteiger partial charge in [0.2, 0.25) is 12.0 Å². The normalized spacial score (nSPS) is 13.5. The van der Waals surface area contributed by atoms with Gasteiger partial charge >= 0.3 is 11.9 Å². The molecule has 0 spiro atoms. The fraction of sp³-hybridized carbons (Fsp3) is 0.348. The van der Waals surface area contributed by atoms with Crippen LogP contribution in [-0.4, -0.2) is 47.8 Å². The maximum Gasteiger partial charge on any atom is 0.350 e. The molecule has 0 aromatic heterocycles. The zero-order chi connectivity index (χ0) is 22.6. The molecule has 8 nitrogen and oxygen atoms in total. The molecule has 31 heavy (non-hydrogen) atoms. The van der Waals surface area contributed by atoms with E-state index in [-0.39, 0.29) is 19.8 Å². The lowest BCUT2D eigenvalue weighted by molar-refractivity contribution is -0.176. The predicted octanol–water partition coefficient (Wildman–Crippen LogP) is 1.74. The minimum absolute atomic E-state index is 0.00205. The van der Waals surface area contributed by atoms with Crippen LogP contribution >= 0.6 is 0 Å². The van der Waals surface area contributed by atoms with Gasteiger partial charge in [0.1, 0.15) is 6.61 Å². The molecule has 0 radical (unpaired) electrons. The highest BCUT2D eigenvalue weighted by Gasteiger charge is 2.32. The summed E-state index contributed by atoms with van der Waals surface area (Å²) in [5, 5.41) is 12.1. The molecular weight excluding hydrogens is 402 g/mol. The molecule has 0 aliphatic carbocycles. The Kier molecular flexibility index (Phi) is 9.67. The van der Waals surface area contributed by atoms with Crippen molar-refractivity contribution in [2.75, 3.05) is 6.61 Å². The van der Waals surface area contributed by atoms with Gasteiger partial charge in [0.05, 0.1) is 19.3 Å². The number of aliphatic hydroxyl groups is 1. The van der Waals surface area contributed by atoms with Crippen LogP contribution in [0.5, 0.6) is 0 Å². The first-order valence-electron chi connectivity index (χ1n) is 9.84. The molecule has 8 heteroatoms. The van der Waals surface area contributed by atoms with Crippen molar-refractivity contribution in [1.82, 2.24) is 5.32 Å². The number of benzene rings is 2. The van der Waals surface area contributed by atoms with E-state index in [4.69, 9.17) is 14.2 Å². The monoisotopic (exact) mass is 429 g/mol. The molecule has 0 fully saturated rings. The summed E-state index contributed by atoms with van der Waals surface area (Å²) in [6.45, 7) is 2.49. The smallest absolute Gasteiger partial charge is 0.350 e. The molecule has 2 aromatic rings. The van der Waals surface area contributed by atoms with Crippen molar-refractivity contribution >= 4 is 17.8 Å². The maximum absolute atomic E-state index is 12.6. The largest absolute Gasteiger partial charge is 0.458 e. The van der Waals surface area contributed by atoms with Crippen molar-refractivity contribution in [1.29, 1.82) is 0 Å². The number of esters is 2. The van der Waals surface area contributed by atoms with Crippen molar-refractivity contribution in [3.63, 3.8) is 0 Å². The van der Waals surface area contributed by atoms with E-state index in [1.165, 1.54) is 13.8 Å². The fourth-order valence-corrected chi connectivity index (χ4v) is 2.64. The molecule has 0 bridgehead atoms. The Morgan fingerprint density at radius 1 is 0.903 bits per heavy atom. The maximum atomic E-state index is 12.6. The van der Waals surface area contributed by atoms with Crippen LogP contribution < -0.4 is 5.32 Å². The molecule has 166 valence electrons. The van der Waals surface area contributed by atoms with Gasteiger partial charge in [0.15, 0.2) is 6.04 Å². The van der Waals surface area contributed by atoms with Crippen LogP contribution in [0.25, 0.3) is 0 Å². The number of carbonyl (C=O) groups is 3. The number of hydrogen-bond donors (Lipinski definition) is 2. The third-order valence-electron chi connectivity index (χ3n) is 4.22. The first-order valence-corrected chi connectivity index (χ1v) is 9.84. The highest BCUT2D eigenvalue weighted by Crippen LogP contribution is 2.09. The van der Waals surface area contributed by atoms with Gasteiger partial charge in [0.25, 0.3) is 0 Å². The van der Waals surface area contributed by atoms with Crippen molar-refractivity contribution in [3.8, 4) is 0 Å². The van der Waals surface area contributed by atoms with Crippen LogP contribution in [0.3, 0.4) is 0 Å². The summed E-state index contributed by atoms with van der Waals surface area (Å²) in [6, 6.07) is 17.0. The average Bonchev–Trinajstić information content (AvgIpc) is 2.76. The zero-order valence-corrected chi connectivity index (χ0v) is 17.5. The number of hydrogen-bond acceptors (Lipinski definition) is 7. The first kappa shape index (κ1) is 24.0. The predicted molar refractivity (Wildman–Crippen MR) is 112 cm³/mol. The summed E-state index contributed by atoms with van der Waals surface area (Å²) in [5.74, 6) is -2.28. The Balaban J connectivity index is 2.03. The van der Waals surface area contributed by atoms with E-state index < -0.39 is 36.1 Å². The molecule has 1 unspecified atom stereocenters. The summed E-state index contributed by atoms with van der Waals surface area (Å²) in [4.78, 5) is 36.4. The molecule has 0 aliphatic heterocycles. The Labute approximate surface area is 181 Å². The fourth-order valence-electron chi connectivity index (χ4n) is 2.64. The third-order valence-corrected chi connectivity index (χ3v) is 4.22. The lowest BCUT2D eigenvalue weighted by atomic mass is 10.2. The first-order chi connectivity index (χ1) is 14.9. The zero-order valence-electron chi connectivity index (χ0n) is 17.5. The Morgan fingerprint density at radius 2 is 1.45 bits per heavy atom. The third kappa shape index (κ3) is 8.57. The van der Waals surface area contributed by atoms with Crippen LogP contribution in [0.4, 0.5) is 0 Å². The van der Waals surface area contributed by atoms with Crippen LogP contribution in [0.1, 0.15) is 25.0 Å². The molecule has 2 N–H and O–H groups in total. The SMILES string of the molecule is CC(=O)N[C@H](C(=O)OC(COCc1ccccc1)C(=O)OCc1ccccc1)[C@@H](C)O. The van der Waals surface area contributed by atoms with Crippen molar-refractivity contribution < 1.29 is 33.7 Å². The van der Waals surface area contributed by atoms with Gasteiger partial charge in [-0.25, -0.2) is 9.59 Å². The van der Waals surface area contributed by atoms with Crippen molar-refractivity contribution in [2.24, 2.45) is 0 Å². The number of rotatable bonds is 11. The van der Waals surface area contributed by atoms with E-state index in [0.717, 1.165) is 11.1 Å². The molecular formula is C23H27NO7. The lowest BCUT2D eigenvalue weighted by Gasteiger charge is -2.23. The molecule has 3 atom stereocenters. The van der Waals surface area contributed by atoms with E-state index in [2.05, 4.69) is 5.32 Å². The highest BCUT2D eigenvalue weighted by molar-refractivity contribution is 5.86. The second-order valence-corrected chi connectivity index (χ2v) is 6.94. The molecule has 0 saturated carbocycles. The van der Waals surface area contributed by atoms with Crippen LogP contribution in [0.15, 0.2) is 60.7 Å². The number of nitrogens with one attached hydrogen (secondary N) is 1. The number of carbonyl (C=O) groups excluding carboxylic acids is 3. The lowest BCUT2D eigenvalue weighted by Crippen LogP contribution is -2.50. The van der Waals surface area contributed by atoms with Gasteiger partial charge in [-0.2, -0.15) is 0 Å². The van der Waals surface area contributed by atoms with E-state index in [9.17, 15) is 19.5 Å². The Bertz CT molecular complexity index is 840. The van der Waals surface area contributed by atoms with Gasteiger partial charge in [-0.05, 0) is 18.1 Å². The number of aliphatic hydroxyl groups excluding tert-OH is 1. The highest BCUT2D eigenvalue weighted by atomic mass is 16.6. The summed E-state index contributed by atoms with van der Waals surface area (Å²) in [6.07, 6.45) is -2.59. The second kappa shape index (κ2) is 12.5. The van der Waals surface area contributed by atoms with Crippen molar-refractivity contribution in [2.45, 2.75) is 45.3 Å². The van der Waals surface area contributed by atoms with Gasteiger partial charge in [-0.1, -0.05) is 60.7 Å². The van der Waals surface area contributed by atoms with E-state index in [1.54, 1.807) is 12.1 Å². The molecule has 0 saturated heterocycles. The Morgan fingerprint density at radius 3 is 1.97 bits per heavy atom. The Hall–Kier alpha value is -3.23. The molecule has 0 aliphatic rings. The van der Waals surface area contributed by atoms with Crippen LogP contribution in [0.2, 0.25) is 0 Å². The standard InChI is InChI=1S/C23H27NO7/c1-16(25)21(24-17(2)26)23(28)31-20(15-29-13-18-9-5-3-6-10-18)22(27)30-14-19-11-7-4-8-12-19/h3-12,16,20-21,25H,13-15H2,1-2H3,(H,24,26)/t16-,20?,21+/m1/s1. The minimum atomic E-state index is -1.37. The summed E-state index contributed by atoms with van der Waals surface area (Å²) < 4.78 is 16.1. The topological polar surface area (TPSA) is 111 Å². The van der Waals surface area contributed by atoms with Crippen LogP contribution in [0, 0.1) is 0 Å². The summed E-state index contributed by atoms with van der Waals surface area (Å²) in [7, 11) is 0. The van der Waals surface area contributed by atoms with E-state index >= 15 is 0 Å². The molecule has 0 heterocycles. The summed E-state index contributed by atoms with van der Waals surface area (Å²) >= 11 is 0. The summed E-state index contributed by atoms with van der Waals surface area (Å²) in [5.41, 5.74) is 1.65. The quantitative estimate of drug-likeness (QED) is 0.524. The average molecular weight is 429 g/mol. The van der Waals surface area contributed by atoms with E-state index in [1.807, 2.05) is 48.5 Å². The molecule has 2 aromatic carbocycles. The molecule has 1 amide bonds. The number of ether oxygens (including phenoxy) is 3. The van der Waals surface area contributed by atoms with E-state index in [0.29, 0.717) is 0 Å². The van der Waals surface area contributed by atoms with Gasteiger partial charge in [0, 0.05) is 6.92 Å². The molecule has 2 rings (SSSR count). The van der Waals surface area contributed by atoms with Gasteiger partial charge in [-0.3, -0.25) is 4.79 Å². The second-order valence-electron chi connectivity index (χ2n) is 6.94. The van der Waals surface area contributed by atoms with Crippen molar-refractivity contribution in [3.05, 3.63) is 71.8 Å². The number of amides is 1. The minimum Gasteiger partial charge on any atom is -0.458 e. The van der Waals surface area contributed by atoms with Gasteiger partial charge < -0.3 is 24.6 Å². The van der Waals surface area contributed by atoms with Gasteiger partial charge in [-0.15, -0.1) is 0 Å². The van der Waals surface area contributed by atoms with Crippen LogP contribution in [-0.2, 0) is 41.8 Å².